The molecule has 3 N–H and O–H groups in total. The van der Waals surface area contributed by atoms with E-state index < -0.39 is 31.3 Å². The minimum atomic E-state index is -4.63. The fourth-order valence-corrected chi connectivity index (χ4v) is 8.09. The van der Waals surface area contributed by atoms with Gasteiger partial charge >= 0.3 is 7.60 Å². The Morgan fingerprint density at radius 3 is 2.54 bits per heavy atom. The third-order valence-corrected chi connectivity index (χ3v) is 11.2. The molecule has 2 saturated heterocycles. The molecule has 4 atom stereocenters. The number of hydrogen-bond acceptors (Lipinski definition) is 7. The summed E-state index contributed by atoms with van der Waals surface area (Å²) in [5, 5.41) is 7.21. The van der Waals surface area contributed by atoms with Crippen molar-refractivity contribution in [2.24, 2.45) is 11.3 Å². The molecule has 3 aromatic rings. The second-order valence-electron chi connectivity index (χ2n) is 12.8. The summed E-state index contributed by atoms with van der Waals surface area (Å²) >= 11 is 5.94. The van der Waals surface area contributed by atoms with E-state index in [1.807, 2.05) is 0 Å². The van der Waals surface area contributed by atoms with Crippen LogP contribution >= 0.6 is 19.2 Å². The van der Waals surface area contributed by atoms with E-state index in [-0.39, 0.29) is 63.3 Å². The van der Waals surface area contributed by atoms with Gasteiger partial charge in [-0.1, -0.05) is 30.7 Å². The number of likely N-dealkylation sites (N-methyl/N-ethyl adjacent to an activating group) is 1. The van der Waals surface area contributed by atoms with Crippen molar-refractivity contribution in [1.82, 2.24) is 29.8 Å². The number of benzene rings is 2. The number of amides is 2. The molecule has 3 heterocycles. The highest BCUT2D eigenvalue weighted by molar-refractivity contribution is 7.60. The normalized spacial score (nSPS) is 25.1. The summed E-state index contributed by atoms with van der Waals surface area (Å²) in [4.78, 5) is 66.2. The van der Waals surface area contributed by atoms with Crippen LogP contribution in [-0.4, -0.2) is 104 Å². The lowest BCUT2D eigenvalue weighted by atomic mass is 9.94. The van der Waals surface area contributed by atoms with Crippen molar-refractivity contribution >= 4 is 53.0 Å². The van der Waals surface area contributed by atoms with Gasteiger partial charge in [-0.05, 0) is 43.7 Å². The zero-order valence-electron chi connectivity index (χ0n) is 25.8. The molecule has 0 spiro atoms. The van der Waals surface area contributed by atoms with Gasteiger partial charge in [-0.2, -0.15) is 5.10 Å². The van der Waals surface area contributed by atoms with Crippen LogP contribution in [0, 0.1) is 17.2 Å². The molecule has 2 unspecified atom stereocenters. The fraction of sp³-hybridized carbons (Fsp3) is 0.484. The van der Waals surface area contributed by atoms with Crippen LogP contribution in [0.15, 0.2) is 36.4 Å². The first-order chi connectivity index (χ1) is 21.7. The van der Waals surface area contributed by atoms with E-state index in [1.165, 1.54) is 41.9 Å². The lowest BCUT2D eigenvalue weighted by molar-refractivity contribution is -0.140. The Bertz CT molecular complexity index is 1770. The number of Topliss-reactive ketones (excluding diaryl/α,β-unsaturated/α-hetero) is 1. The lowest BCUT2D eigenvalue weighted by Gasteiger charge is -2.34. The maximum Gasteiger partial charge on any atom is 0.356 e. The van der Waals surface area contributed by atoms with Crippen LogP contribution in [0.3, 0.4) is 0 Å². The Labute approximate surface area is 270 Å². The molecule has 246 valence electrons. The number of halogens is 2. The van der Waals surface area contributed by atoms with Gasteiger partial charge in [0.15, 0.2) is 5.78 Å². The number of fused-ring (bicyclic) bond motifs is 2. The highest BCUT2D eigenvalue weighted by Gasteiger charge is 2.72. The molecule has 1 aliphatic carbocycles. The van der Waals surface area contributed by atoms with Crippen molar-refractivity contribution in [2.75, 3.05) is 39.8 Å². The number of likely N-dealkylation sites (tertiary alicyclic amines) is 1. The van der Waals surface area contributed by atoms with Crippen molar-refractivity contribution in [3.63, 3.8) is 0 Å². The molecule has 3 fully saturated rings. The number of ketones is 1. The SMILES string of the molecule is CC(=O)c1nn(CC(=O)N2C3C(C)[C@@]3(CN3CCN(C)CC3)C[C@H]2C(=O)NCc2cccc(Cl)c2F)c2cc(P(=O)(O)O)ccc12. The minimum Gasteiger partial charge on any atom is -0.350 e. The molecule has 1 saturated carbocycles. The smallest absolute Gasteiger partial charge is 0.350 e. The number of nitrogens with zero attached hydrogens (tertiary/aromatic N) is 5. The van der Waals surface area contributed by atoms with Crippen LogP contribution in [0.25, 0.3) is 10.9 Å². The monoisotopic (exact) mass is 674 g/mol. The summed E-state index contributed by atoms with van der Waals surface area (Å²) < 4.78 is 27.9. The number of piperazine rings is 1. The Kier molecular flexibility index (Phi) is 8.62. The van der Waals surface area contributed by atoms with E-state index in [0.717, 1.165) is 32.7 Å². The maximum atomic E-state index is 14.6. The van der Waals surface area contributed by atoms with Gasteiger partial charge in [-0.3, -0.25) is 23.6 Å². The van der Waals surface area contributed by atoms with Gasteiger partial charge in [0.05, 0.1) is 15.8 Å². The van der Waals surface area contributed by atoms with Crippen molar-refractivity contribution in [2.45, 2.75) is 45.4 Å². The Morgan fingerprint density at radius 2 is 1.87 bits per heavy atom. The molecular weight excluding hydrogens is 638 g/mol. The first-order valence-corrected chi connectivity index (χ1v) is 17.2. The first kappa shape index (κ1) is 32.7. The Morgan fingerprint density at radius 1 is 1.15 bits per heavy atom. The van der Waals surface area contributed by atoms with E-state index in [0.29, 0.717) is 11.8 Å². The second-order valence-corrected chi connectivity index (χ2v) is 14.8. The van der Waals surface area contributed by atoms with Gasteiger partial charge in [-0.15, -0.1) is 0 Å². The molecule has 12 nitrogen and oxygen atoms in total. The molecule has 1 aromatic heterocycles. The molecular formula is C31H37ClFN6O6P. The zero-order chi connectivity index (χ0) is 33.1. The molecule has 46 heavy (non-hydrogen) atoms. The number of carbonyl (C=O) groups excluding carboxylic acids is 3. The van der Waals surface area contributed by atoms with E-state index in [1.54, 1.807) is 11.0 Å². The predicted molar refractivity (Wildman–Crippen MR) is 169 cm³/mol. The summed E-state index contributed by atoms with van der Waals surface area (Å²) in [5.41, 5.74) is 0.217. The first-order valence-electron chi connectivity index (χ1n) is 15.2. The summed E-state index contributed by atoms with van der Waals surface area (Å²) in [6.07, 6.45) is 0.432. The summed E-state index contributed by atoms with van der Waals surface area (Å²) in [5.74, 6) is -1.69. The van der Waals surface area contributed by atoms with Gasteiger partial charge in [0.25, 0.3) is 0 Å². The molecule has 3 aliphatic rings. The fourth-order valence-electron chi connectivity index (χ4n) is 7.34. The molecule has 2 aromatic carbocycles. The van der Waals surface area contributed by atoms with Crippen LogP contribution in [0.5, 0.6) is 0 Å². The van der Waals surface area contributed by atoms with Crippen LogP contribution in [0.4, 0.5) is 4.39 Å². The van der Waals surface area contributed by atoms with Crippen LogP contribution in [-0.2, 0) is 27.2 Å². The van der Waals surface area contributed by atoms with Crippen molar-refractivity contribution in [3.05, 3.63) is 58.5 Å². The third-order valence-electron chi connectivity index (χ3n) is 9.95. The van der Waals surface area contributed by atoms with Crippen molar-refractivity contribution < 1.29 is 33.1 Å². The second kappa shape index (κ2) is 12.1. The average molecular weight is 675 g/mol. The van der Waals surface area contributed by atoms with Gasteiger partial charge < -0.3 is 29.8 Å². The Hall–Kier alpha value is -3.19. The highest BCUT2D eigenvalue weighted by Crippen LogP contribution is 2.64. The standard InChI is InChI=1S/C31H37ClFN6O6P/c1-18-29-31(18,17-37-11-9-36(3)10-12-37)14-25(30(42)34-15-20-5-4-6-23(32)27(20)33)39(29)26(41)16-38-24-13-21(46(43,44)45)7-8-22(24)28(35-38)19(2)40/h4-8,13,18,25,29H,9-12,14-17H2,1-3H3,(H,34,42)(H2,43,44,45)/t18?,25-,29?,31-/m0/s1. The number of hydrogen-bond donors (Lipinski definition) is 3. The van der Waals surface area contributed by atoms with Gasteiger partial charge in [-0.25, -0.2) is 4.39 Å². The number of piperidine rings is 1. The van der Waals surface area contributed by atoms with Crippen LogP contribution in [0.1, 0.15) is 36.3 Å². The molecule has 2 aliphatic heterocycles. The quantitative estimate of drug-likeness (QED) is 0.229. The lowest BCUT2D eigenvalue weighted by Crippen LogP contribution is -2.49. The van der Waals surface area contributed by atoms with Gasteiger partial charge in [0.1, 0.15) is 24.1 Å². The largest absolute Gasteiger partial charge is 0.356 e. The topological polar surface area (TPSA) is 148 Å². The zero-order valence-corrected chi connectivity index (χ0v) is 27.5. The predicted octanol–water partition coefficient (Wildman–Crippen LogP) is 2.00. The van der Waals surface area contributed by atoms with Gasteiger partial charge in [0, 0.05) is 68.6 Å². The maximum absolute atomic E-state index is 14.6. The third kappa shape index (κ3) is 5.89. The van der Waals surface area contributed by atoms with Crippen LogP contribution in [0.2, 0.25) is 5.02 Å². The molecule has 2 amide bonds. The van der Waals surface area contributed by atoms with Crippen molar-refractivity contribution in [1.29, 1.82) is 0 Å². The van der Waals surface area contributed by atoms with Gasteiger partial charge in [0.2, 0.25) is 11.8 Å². The number of rotatable bonds is 9. The molecule has 15 heteroatoms. The number of carbonyl (C=O) groups is 3. The number of aromatic nitrogens is 2. The minimum absolute atomic E-state index is 0.0519. The molecule has 0 bridgehead atoms. The summed E-state index contributed by atoms with van der Waals surface area (Å²) in [7, 11) is -2.55. The summed E-state index contributed by atoms with van der Waals surface area (Å²) in [6, 6.07) is 7.41. The van der Waals surface area contributed by atoms with E-state index in [4.69, 9.17) is 11.6 Å². The van der Waals surface area contributed by atoms with E-state index >= 15 is 0 Å². The van der Waals surface area contributed by atoms with E-state index in [2.05, 4.69) is 34.2 Å². The average Bonchev–Trinajstić information content (AvgIpc) is 3.28. The Balaban J connectivity index is 1.30. The molecule has 6 rings (SSSR count). The van der Waals surface area contributed by atoms with Crippen LogP contribution < -0.4 is 10.6 Å². The highest BCUT2D eigenvalue weighted by atomic mass is 35.5. The van der Waals surface area contributed by atoms with E-state index in [9.17, 15) is 33.1 Å². The summed E-state index contributed by atoms with van der Waals surface area (Å²) in [6.45, 7) is 7.29. The molecule has 0 radical (unpaired) electrons. The van der Waals surface area contributed by atoms with Crippen molar-refractivity contribution in [3.8, 4) is 0 Å². The number of nitrogens with one attached hydrogen (secondary N) is 1.